The molecule has 2 heterocycles. The van der Waals surface area contributed by atoms with Gasteiger partial charge in [0.15, 0.2) is 0 Å². The van der Waals surface area contributed by atoms with Gasteiger partial charge in [-0.1, -0.05) is 6.07 Å². The number of pyridine rings is 1. The molecule has 1 saturated heterocycles. The van der Waals surface area contributed by atoms with E-state index in [-0.39, 0.29) is 0 Å². The summed E-state index contributed by atoms with van der Waals surface area (Å²) in [5.74, 6) is 0.639. The van der Waals surface area contributed by atoms with Gasteiger partial charge < -0.3 is 5.32 Å². The molecule has 2 atom stereocenters. The summed E-state index contributed by atoms with van der Waals surface area (Å²) in [6.07, 6.45) is 5.77. The van der Waals surface area contributed by atoms with Crippen molar-refractivity contribution in [3.63, 3.8) is 0 Å². The number of hydrogen-bond acceptors (Lipinski definition) is 3. The average molecular weight is 224 g/mol. The minimum atomic E-state index is -0.760. The van der Waals surface area contributed by atoms with E-state index in [0.29, 0.717) is 11.0 Å². The molecule has 2 rings (SSSR count). The van der Waals surface area contributed by atoms with E-state index in [9.17, 15) is 4.21 Å². The number of aromatic nitrogens is 1. The molecule has 1 aromatic heterocycles. The zero-order chi connectivity index (χ0) is 10.5. The second-order valence-corrected chi connectivity index (χ2v) is 5.57. The van der Waals surface area contributed by atoms with Gasteiger partial charge in [-0.25, -0.2) is 0 Å². The van der Waals surface area contributed by atoms with Crippen LogP contribution in [0.2, 0.25) is 0 Å². The molecule has 4 heteroatoms. The maximum Gasteiger partial charge on any atom is 0.0504 e. The maximum atomic E-state index is 12.0. The van der Waals surface area contributed by atoms with E-state index in [2.05, 4.69) is 10.3 Å². The molecule has 0 aliphatic carbocycles. The Kier molecular flexibility index (Phi) is 3.86. The summed E-state index contributed by atoms with van der Waals surface area (Å²) < 4.78 is 12.0. The zero-order valence-electron chi connectivity index (χ0n) is 8.69. The zero-order valence-corrected chi connectivity index (χ0v) is 9.50. The molecular weight excluding hydrogens is 208 g/mol. The largest absolute Gasteiger partial charge is 0.316 e. The van der Waals surface area contributed by atoms with Crippen LogP contribution in [0.4, 0.5) is 0 Å². The lowest BCUT2D eigenvalue weighted by molar-refractivity contribution is 0.519. The van der Waals surface area contributed by atoms with Crippen LogP contribution in [0.15, 0.2) is 24.5 Å². The Balaban J connectivity index is 1.91. The summed E-state index contributed by atoms with van der Waals surface area (Å²) in [5, 5.41) is 3.61. The Bertz CT molecular complexity index is 323. The molecule has 0 amide bonds. The van der Waals surface area contributed by atoms with Crippen LogP contribution in [0.25, 0.3) is 0 Å². The molecule has 82 valence electrons. The third kappa shape index (κ3) is 3.11. The van der Waals surface area contributed by atoms with Crippen molar-refractivity contribution in [3.8, 4) is 0 Å². The summed E-state index contributed by atoms with van der Waals surface area (Å²) in [6.45, 7) is 1.97. The molecule has 0 bridgehead atoms. The quantitative estimate of drug-likeness (QED) is 0.835. The smallest absolute Gasteiger partial charge is 0.0504 e. The van der Waals surface area contributed by atoms with E-state index in [1.54, 1.807) is 12.4 Å². The normalized spacial score (nSPS) is 23.6. The third-order valence-electron chi connectivity index (χ3n) is 2.66. The van der Waals surface area contributed by atoms with Gasteiger partial charge in [-0.05, 0) is 31.0 Å². The van der Waals surface area contributed by atoms with Crippen molar-refractivity contribution < 1.29 is 4.21 Å². The average Bonchev–Trinajstić information content (AvgIpc) is 2.31. The Morgan fingerprint density at radius 2 is 2.53 bits per heavy atom. The fourth-order valence-electron chi connectivity index (χ4n) is 1.81. The van der Waals surface area contributed by atoms with E-state index in [4.69, 9.17) is 0 Å². The first kappa shape index (κ1) is 10.8. The van der Waals surface area contributed by atoms with Gasteiger partial charge in [0.25, 0.3) is 0 Å². The molecule has 15 heavy (non-hydrogen) atoms. The topological polar surface area (TPSA) is 42.0 Å². The van der Waals surface area contributed by atoms with Crippen molar-refractivity contribution in [1.82, 2.24) is 10.3 Å². The Hall–Kier alpha value is -0.740. The maximum absolute atomic E-state index is 12.0. The second kappa shape index (κ2) is 5.37. The standard InChI is InChI=1S/C11H16N2OS/c14-15(11-4-2-6-13-8-11)9-10-3-1-5-12-7-10/h1,3,5,7,11,13H,2,4,6,8-9H2/t11-,15-/m0/s1. The van der Waals surface area contributed by atoms with Gasteiger partial charge >= 0.3 is 0 Å². The molecule has 0 unspecified atom stereocenters. The van der Waals surface area contributed by atoms with Gasteiger partial charge in [0.05, 0.1) is 5.75 Å². The highest BCUT2D eigenvalue weighted by Gasteiger charge is 2.19. The molecule has 1 aliphatic rings. The van der Waals surface area contributed by atoms with Crippen molar-refractivity contribution >= 4 is 10.8 Å². The van der Waals surface area contributed by atoms with Gasteiger partial charge in [0.1, 0.15) is 0 Å². The van der Waals surface area contributed by atoms with Crippen LogP contribution in [-0.2, 0) is 16.6 Å². The lowest BCUT2D eigenvalue weighted by Gasteiger charge is -2.21. The predicted molar refractivity (Wildman–Crippen MR) is 62.0 cm³/mol. The van der Waals surface area contributed by atoms with Crippen LogP contribution in [0.1, 0.15) is 18.4 Å². The minimum Gasteiger partial charge on any atom is -0.316 e. The highest BCUT2D eigenvalue weighted by Crippen LogP contribution is 2.12. The molecular formula is C11H16N2OS. The van der Waals surface area contributed by atoms with Crippen LogP contribution >= 0.6 is 0 Å². The van der Waals surface area contributed by atoms with E-state index in [1.165, 1.54) is 0 Å². The molecule has 0 spiro atoms. The molecule has 0 saturated carbocycles. The predicted octanol–water partition coefficient (Wildman–Crippen LogP) is 1.08. The van der Waals surface area contributed by atoms with E-state index in [0.717, 1.165) is 31.5 Å². The lowest BCUT2D eigenvalue weighted by atomic mass is 10.2. The van der Waals surface area contributed by atoms with Crippen molar-refractivity contribution in [2.45, 2.75) is 23.8 Å². The SMILES string of the molecule is O=[S@@](Cc1cccnc1)[C@H]1CCCNC1. The fraction of sp³-hybridized carbons (Fsp3) is 0.545. The first-order chi connectivity index (χ1) is 7.36. The molecule has 1 aliphatic heterocycles. The highest BCUT2D eigenvalue weighted by atomic mass is 32.2. The Morgan fingerprint density at radius 3 is 3.20 bits per heavy atom. The Morgan fingerprint density at radius 1 is 1.60 bits per heavy atom. The number of nitrogens with zero attached hydrogens (tertiary/aromatic N) is 1. The number of piperidine rings is 1. The van der Waals surface area contributed by atoms with Crippen molar-refractivity contribution in [2.75, 3.05) is 13.1 Å². The van der Waals surface area contributed by atoms with Crippen molar-refractivity contribution in [1.29, 1.82) is 0 Å². The summed E-state index contributed by atoms with van der Waals surface area (Å²) in [5.41, 5.74) is 1.07. The van der Waals surface area contributed by atoms with E-state index < -0.39 is 10.8 Å². The molecule has 0 aromatic carbocycles. The van der Waals surface area contributed by atoms with Gasteiger partial charge in [-0.3, -0.25) is 9.19 Å². The summed E-state index contributed by atoms with van der Waals surface area (Å²) in [6, 6.07) is 3.88. The lowest BCUT2D eigenvalue weighted by Crippen LogP contribution is -2.36. The van der Waals surface area contributed by atoms with E-state index in [1.807, 2.05) is 12.1 Å². The van der Waals surface area contributed by atoms with Gasteiger partial charge in [-0.2, -0.15) is 0 Å². The molecule has 1 fully saturated rings. The van der Waals surface area contributed by atoms with Crippen molar-refractivity contribution in [2.24, 2.45) is 0 Å². The highest BCUT2D eigenvalue weighted by molar-refractivity contribution is 7.84. The van der Waals surface area contributed by atoms with Crippen LogP contribution < -0.4 is 5.32 Å². The molecule has 1 aromatic rings. The monoisotopic (exact) mass is 224 g/mol. The summed E-state index contributed by atoms with van der Waals surface area (Å²) >= 11 is 0. The van der Waals surface area contributed by atoms with Crippen LogP contribution in [0.5, 0.6) is 0 Å². The number of nitrogens with one attached hydrogen (secondary N) is 1. The number of hydrogen-bond donors (Lipinski definition) is 1. The molecule has 1 N–H and O–H groups in total. The first-order valence-corrected chi connectivity index (χ1v) is 6.71. The fourth-order valence-corrected chi connectivity index (χ4v) is 3.28. The van der Waals surface area contributed by atoms with Gasteiger partial charge in [0, 0.05) is 35.0 Å². The van der Waals surface area contributed by atoms with Crippen LogP contribution in [0, 0.1) is 0 Å². The minimum absolute atomic E-state index is 0.318. The van der Waals surface area contributed by atoms with E-state index >= 15 is 0 Å². The second-order valence-electron chi connectivity index (χ2n) is 3.85. The van der Waals surface area contributed by atoms with Crippen molar-refractivity contribution in [3.05, 3.63) is 30.1 Å². The van der Waals surface area contributed by atoms with Crippen LogP contribution in [-0.4, -0.2) is 27.5 Å². The Labute approximate surface area is 92.8 Å². The molecule has 3 nitrogen and oxygen atoms in total. The van der Waals surface area contributed by atoms with Gasteiger partial charge in [0.2, 0.25) is 0 Å². The third-order valence-corrected chi connectivity index (χ3v) is 4.42. The molecule has 0 radical (unpaired) electrons. The van der Waals surface area contributed by atoms with Gasteiger partial charge in [-0.15, -0.1) is 0 Å². The summed E-state index contributed by atoms with van der Waals surface area (Å²) in [4.78, 5) is 4.03. The number of rotatable bonds is 3. The van der Waals surface area contributed by atoms with Crippen LogP contribution in [0.3, 0.4) is 0 Å². The summed E-state index contributed by atoms with van der Waals surface area (Å²) in [7, 11) is -0.760. The first-order valence-electron chi connectivity index (χ1n) is 5.33.